The molecule has 0 heterocycles. The average Bonchev–Trinajstić information content (AvgIpc) is 2.86. The molecule has 2 rings (SSSR count). The molecule has 0 aliphatic heterocycles. The van der Waals surface area contributed by atoms with Gasteiger partial charge in [0.1, 0.15) is 5.75 Å². The molecule has 0 amide bonds. The highest BCUT2D eigenvalue weighted by molar-refractivity contribution is 7.99. The van der Waals surface area contributed by atoms with Crippen molar-refractivity contribution in [2.75, 3.05) is 12.9 Å². The molecule has 3 unspecified atom stereocenters. The van der Waals surface area contributed by atoms with Crippen LogP contribution in [-0.2, 0) is 0 Å². The molecule has 20 heavy (non-hydrogen) atoms. The third-order valence-electron chi connectivity index (χ3n) is 4.15. The Labute approximate surface area is 127 Å². The van der Waals surface area contributed by atoms with Gasteiger partial charge in [0.05, 0.1) is 7.11 Å². The first-order valence-corrected chi connectivity index (χ1v) is 8.72. The molecule has 1 aromatic rings. The van der Waals surface area contributed by atoms with Crippen molar-refractivity contribution in [2.45, 2.75) is 57.4 Å². The highest BCUT2D eigenvalue weighted by Gasteiger charge is 2.28. The average molecular weight is 293 g/mol. The lowest BCUT2D eigenvalue weighted by Crippen LogP contribution is -2.36. The summed E-state index contributed by atoms with van der Waals surface area (Å²) in [5, 5.41) is 4.60. The first-order valence-electron chi connectivity index (χ1n) is 7.68. The summed E-state index contributed by atoms with van der Waals surface area (Å²) in [5.74, 6) is 2.22. The number of ether oxygens (including phenoxy) is 1. The maximum atomic E-state index is 5.54. The third-order valence-corrected chi connectivity index (χ3v) is 5.48. The number of benzene rings is 1. The number of aryl methyl sites for hydroxylation is 1. The van der Waals surface area contributed by atoms with Gasteiger partial charge in [-0.2, -0.15) is 11.8 Å². The van der Waals surface area contributed by atoms with Gasteiger partial charge in [0.2, 0.25) is 0 Å². The molecule has 0 spiro atoms. The predicted molar refractivity (Wildman–Crippen MR) is 88.8 cm³/mol. The number of thioether (sulfide) groups is 1. The first-order chi connectivity index (χ1) is 9.65. The molecule has 2 nitrogen and oxygen atoms in total. The zero-order chi connectivity index (χ0) is 14.5. The molecule has 1 aliphatic rings. The van der Waals surface area contributed by atoms with Crippen molar-refractivity contribution in [3.05, 3.63) is 29.3 Å². The van der Waals surface area contributed by atoms with Crippen molar-refractivity contribution in [1.82, 2.24) is 5.32 Å². The van der Waals surface area contributed by atoms with Gasteiger partial charge in [0, 0.05) is 22.9 Å². The summed E-state index contributed by atoms with van der Waals surface area (Å²) >= 11 is 2.10. The first kappa shape index (κ1) is 15.7. The van der Waals surface area contributed by atoms with Gasteiger partial charge >= 0.3 is 0 Å². The van der Waals surface area contributed by atoms with Crippen LogP contribution >= 0.6 is 11.8 Å². The minimum absolute atomic E-state index is 0.341. The van der Waals surface area contributed by atoms with Crippen LogP contribution in [0, 0.1) is 6.92 Å². The maximum absolute atomic E-state index is 5.54. The lowest BCUT2D eigenvalue weighted by molar-refractivity contribution is 0.393. The molecule has 3 atom stereocenters. The summed E-state index contributed by atoms with van der Waals surface area (Å²) in [7, 11) is 1.76. The molecule has 0 radical (unpaired) electrons. The van der Waals surface area contributed by atoms with E-state index in [2.05, 4.69) is 56.0 Å². The number of hydrogen-bond donors (Lipinski definition) is 1. The van der Waals surface area contributed by atoms with E-state index in [4.69, 9.17) is 4.74 Å². The van der Waals surface area contributed by atoms with Gasteiger partial charge in [0.15, 0.2) is 0 Å². The Bertz CT molecular complexity index is 435. The molecule has 0 aromatic heterocycles. The lowest BCUT2D eigenvalue weighted by Gasteiger charge is -2.26. The molecule has 1 fully saturated rings. The van der Waals surface area contributed by atoms with Crippen LogP contribution in [0.4, 0.5) is 0 Å². The normalized spacial score (nSPS) is 23.8. The Morgan fingerprint density at radius 3 is 2.90 bits per heavy atom. The van der Waals surface area contributed by atoms with Crippen molar-refractivity contribution in [2.24, 2.45) is 0 Å². The van der Waals surface area contributed by atoms with E-state index in [1.807, 2.05) is 0 Å². The van der Waals surface area contributed by atoms with Crippen LogP contribution in [0.1, 0.15) is 50.3 Å². The Kier molecular flexibility index (Phi) is 5.79. The highest BCUT2D eigenvalue weighted by atomic mass is 32.2. The van der Waals surface area contributed by atoms with Crippen LogP contribution < -0.4 is 10.1 Å². The third kappa shape index (κ3) is 3.70. The van der Waals surface area contributed by atoms with E-state index < -0.39 is 0 Å². The second kappa shape index (κ2) is 7.37. The second-order valence-electron chi connectivity index (χ2n) is 5.66. The second-order valence-corrected chi connectivity index (χ2v) is 7.18. The van der Waals surface area contributed by atoms with Crippen molar-refractivity contribution < 1.29 is 4.74 Å². The van der Waals surface area contributed by atoms with E-state index in [9.17, 15) is 0 Å². The Morgan fingerprint density at radius 2 is 2.20 bits per heavy atom. The van der Waals surface area contributed by atoms with Crippen molar-refractivity contribution in [1.29, 1.82) is 0 Å². The van der Waals surface area contributed by atoms with Gasteiger partial charge in [0.25, 0.3) is 0 Å². The topological polar surface area (TPSA) is 21.3 Å². The van der Waals surface area contributed by atoms with Crippen molar-refractivity contribution >= 4 is 11.8 Å². The molecule has 0 bridgehead atoms. The van der Waals surface area contributed by atoms with Crippen molar-refractivity contribution in [3.63, 3.8) is 0 Å². The minimum Gasteiger partial charge on any atom is -0.496 e. The van der Waals surface area contributed by atoms with E-state index >= 15 is 0 Å². The molecule has 112 valence electrons. The fourth-order valence-corrected chi connectivity index (χ4v) is 4.33. The molecule has 1 N–H and O–H groups in total. The zero-order valence-corrected chi connectivity index (χ0v) is 13.9. The summed E-state index contributed by atoms with van der Waals surface area (Å²) in [4.78, 5) is 0. The van der Waals surface area contributed by atoms with E-state index in [1.54, 1.807) is 7.11 Å². The molecular formula is C17H27NOS. The molecule has 1 saturated carbocycles. The van der Waals surface area contributed by atoms with Crippen LogP contribution in [0.5, 0.6) is 5.75 Å². The van der Waals surface area contributed by atoms with E-state index in [1.165, 1.54) is 36.1 Å². The van der Waals surface area contributed by atoms with Crippen LogP contribution in [0.25, 0.3) is 0 Å². The number of methoxy groups -OCH3 is 1. The van der Waals surface area contributed by atoms with Crippen molar-refractivity contribution in [3.8, 4) is 5.75 Å². The smallest absolute Gasteiger partial charge is 0.123 e. The molecule has 1 aromatic carbocycles. The summed E-state index contributed by atoms with van der Waals surface area (Å²) in [6.07, 6.45) is 4.01. The van der Waals surface area contributed by atoms with E-state index in [-0.39, 0.29) is 0 Å². The van der Waals surface area contributed by atoms with Crippen LogP contribution in [-0.4, -0.2) is 24.2 Å². The Balaban J connectivity index is 2.06. The van der Waals surface area contributed by atoms with Crippen LogP contribution in [0.2, 0.25) is 0 Å². The number of hydrogen-bond acceptors (Lipinski definition) is 3. The van der Waals surface area contributed by atoms with Gasteiger partial charge in [-0.15, -0.1) is 0 Å². The summed E-state index contributed by atoms with van der Waals surface area (Å²) in [6.45, 7) is 6.61. The minimum atomic E-state index is 0.341. The largest absolute Gasteiger partial charge is 0.496 e. The van der Waals surface area contributed by atoms with Gasteiger partial charge in [-0.1, -0.05) is 25.5 Å². The SMILES string of the molecule is CCSC1CCCC1NC(C)c1ccc(C)cc1OC. The van der Waals surface area contributed by atoms with Gasteiger partial charge in [-0.25, -0.2) is 0 Å². The van der Waals surface area contributed by atoms with Crippen LogP contribution in [0.3, 0.4) is 0 Å². The molecule has 3 heteroatoms. The fourth-order valence-electron chi connectivity index (χ4n) is 3.12. The molecule has 1 aliphatic carbocycles. The summed E-state index contributed by atoms with van der Waals surface area (Å²) in [5.41, 5.74) is 2.52. The number of rotatable bonds is 6. The van der Waals surface area contributed by atoms with Crippen LogP contribution in [0.15, 0.2) is 18.2 Å². The molecule has 0 saturated heterocycles. The highest BCUT2D eigenvalue weighted by Crippen LogP contribution is 2.33. The van der Waals surface area contributed by atoms with Gasteiger partial charge in [-0.05, 0) is 44.1 Å². The van der Waals surface area contributed by atoms with Gasteiger partial charge < -0.3 is 10.1 Å². The zero-order valence-electron chi connectivity index (χ0n) is 13.1. The summed E-state index contributed by atoms with van der Waals surface area (Å²) in [6, 6.07) is 7.47. The standard InChI is InChI=1S/C17H27NOS/c1-5-20-17-8-6-7-15(17)18-13(3)14-10-9-12(2)11-16(14)19-4/h9-11,13,15,17-18H,5-8H2,1-4H3. The van der Waals surface area contributed by atoms with E-state index in [0.29, 0.717) is 12.1 Å². The monoisotopic (exact) mass is 293 g/mol. The Morgan fingerprint density at radius 1 is 1.40 bits per heavy atom. The Hall–Kier alpha value is -0.670. The molecular weight excluding hydrogens is 266 g/mol. The maximum Gasteiger partial charge on any atom is 0.123 e. The quantitative estimate of drug-likeness (QED) is 0.843. The fraction of sp³-hybridized carbons (Fsp3) is 0.647. The van der Waals surface area contributed by atoms with E-state index in [0.717, 1.165) is 11.0 Å². The van der Waals surface area contributed by atoms with Gasteiger partial charge in [-0.3, -0.25) is 0 Å². The lowest BCUT2D eigenvalue weighted by atomic mass is 10.0. The predicted octanol–water partition coefficient (Wildman–Crippen LogP) is 4.33. The summed E-state index contributed by atoms with van der Waals surface area (Å²) < 4.78 is 5.54. The number of nitrogens with one attached hydrogen (secondary N) is 1.